The van der Waals surface area contributed by atoms with Crippen LogP contribution < -0.4 is 42.2 Å². The number of hydrogen-bond acceptors (Lipinski definition) is 11. The molecule has 386 valence electrons. The Hall–Kier alpha value is -4.71. The Morgan fingerprint density at radius 1 is 0.857 bits per heavy atom. The number of likely N-dealkylation sites (N-methyl/N-ethyl adjacent to an activating group) is 1. The van der Waals surface area contributed by atoms with E-state index in [2.05, 4.69) is 49.0 Å². The largest absolute Gasteiger partial charge is 0.492 e. The normalized spacial score (nSPS) is 25.0. The number of amides is 5. The van der Waals surface area contributed by atoms with E-state index in [1.165, 1.54) is 63.8 Å². The molecule has 70 heavy (non-hydrogen) atoms. The van der Waals surface area contributed by atoms with E-state index < -0.39 is 60.4 Å². The van der Waals surface area contributed by atoms with Crippen molar-refractivity contribution in [3.05, 3.63) is 47.5 Å². The van der Waals surface area contributed by atoms with Crippen molar-refractivity contribution in [1.29, 1.82) is 0 Å². The van der Waals surface area contributed by atoms with Crippen molar-refractivity contribution in [2.24, 2.45) is 28.7 Å². The molecule has 17 heteroatoms. The molecule has 8 atom stereocenters. The highest BCUT2D eigenvalue weighted by atomic mass is 16.7. The molecule has 8 N–H and O–H groups in total. The molecule has 5 amide bonds. The first kappa shape index (κ1) is 54.6. The van der Waals surface area contributed by atoms with Crippen LogP contribution in [-0.2, 0) is 39.7 Å². The highest BCUT2D eigenvalue weighted by Crippen LogP contribution is 2.65. The van der Waals surface area contributed by atoms with E-state index in [1.807, 2.05) is 19.1 Å². The van der Waals surface area contributed by atoms with Crippen LogP contribution in [0.15, 0.2) is 36.4 Å². The fourth-order valence-electron chi connectivity index (χ4n) is 11.1. The maximum Gasteiger partial charge on any atom is 0.481 e. The summed E-state index contributed by atoms with van der Waals surface area (Å²) < 4.78 is 25.5. The maximum absolute atomic E-state index is 14.5. The summed E-state index contributed by atoms with van der Waals surface area (Å²) in [5.74, 6) is -1.24. The first-order valence-corrected chi connectivity index (χ1v) is 26.2. The lowest BCUT2D eigenvalue weighted by atomic mass is 9.43. The Morgan fingerprint density at radius 3 is 2.10 bits per heavy atom. The summed E-state index contributed by atoms with van der Waals surface area (Å²) in [6, 6.07) is 7.14. The van der Waals surface area contributed by atoms with Crippen molar-refractivity contribution in [3.8, 4) is 22.6 Å². The number of carbonyl (C=O) groups excluding carboxylic acids is 5. The van der Waals surface area contributed by atoms with Crippen LogP contribution in [0.25, 0.3) is 11.1 Å². The molecule has 2 aromatic carbocycles. The van der Waals surface area contributed by atoms with Crippen molar-refractivity contribution in [3.63, 3.8) is 0 Å². The van der Waals surface area contributed by atoms with Gasteiger partial charge in [0.2, 0.25) is 29.5 Å². The number of nitrogens with zero attached hydrogens (tertiary/aromatic N) is 1. The van der Waals surface area contributed by atoms with Crippen LogP contribution >= 0.6 is 0 Å². The minimum atomic E-state index is -1.26. The topological polar surface area (TPSA) is 226 Å². The van der Waals surface area contributed by atoms with E-state index in [9.17, 15) is 24.0 Å². The first-order valence-electron chi connectivity index (χ1n) is 26.2. The minimum Gasteiger partial charge on any atom is -0.492 e. The van der Waals surface area contributed by atoms with Gasteiger partial charge in [0.1, 0.15) is 42.8 Å². The fraction of sp³-hybridized carbons (Fsp3) is 0.679. The third kappa shape index (κ3) is 13.2. The van der Waals surface area contributed by atoms with E-state index in [1.54, 1.807) is 24.3 Å². The Labute approximate surface area is 416 Å². The van der Waals surface area contributed by atoms with E-state index in [0.717, 1.165) is 38.5 Å². The zero-order valence-corrected chi connectivity index (χ0v) is 43.0. The molecule has 1 saturated heterocycles. The van der Waals surface area contributed by atoms with E-state index in [4.69, 9.17) is 30.2 Å². The number of hydrogen-bond donors (Lipinski definition) is 6. The van der Waals surface area contributed by atoms with Gasteiger partial charge in [-0.25, -0.2) is 0 Å². The van der Waals surface area contributed by atoms with Crippen LogP contribution in [0.5, 0.6) is 11.5 Å². The number of carbonyl (C=O) groups is 5. The predicted octanol–water partition coefficient (Wildman–Crippen LogP) is 5.66. The molecule has 0 aromatic heterocycles. The van der Waals surface area contributed by atoms with E-state index in [-0.39, 0.29) is 56.7 Å². The second kappa shape index (κ2) is 25.1. The number of unbranched alkanes of at least 4 members (excludes halogenated alkanes) is 10. The molecule has 0 spiro atoms. The fourth-order valence-corrected chi connectivity index (χ4v) is 11.1. The Balaban J connectivity index is 1.20. The highest BCUT2D eigenvalue weighted by molar-refractivity contribution is 6.47. The summed E-state index contributed by atoms with van der Waals surface area (Å²) in [6.07, 6.45) is 15.1. The number of benzene rings is 2. The lowest BCUT2D eigenvalue weighted by Crippen LogP contribution is -2.65. The Morgan fingerprint density at radius 2 is 1.47 bits per heavy atom. The predicted molar refractivity (Wildman–Crippen MR) is 272 cm³/mol. The van der Waals surface area contributed by atoms with Crippen LogP contribution in [0.2, 0.25) is 0 Å². The van der Waals surface area contributed by atoms with Gasteiger partial charge in [-0.15, -0.1) is 0 Å². The summed E-state index contributed by atoms with van der Waals surface area (Å²) in [7, 11) is 0.801. The average molecular weight is 972 g/mol. The minimum absolute atomic E-state index is 0.0727. The second-order valence-corrected chi connectivity index (χ2v) is 21.0. The molecule has 16 nitrogen and oxygen atoms in total. The Bertz CT molecular complexity index is 2130. The maximum atomic E-state index is 14.5. The number of ether oxygens (including phenoxy) is 2. The molecule has 2 aromatic rings. The smallest absolute Gasteiger partial charge is 0.481 e. The van der Waals surface area contributed by atoms with Crippen molar-refractivity contribution < 1.29 is 42.8 Å². The van der Waals surface area contributed by atoms with Gasteiger partial charge < -0.3 is 56.4 Å². The molecule has 4 unspecified atom stereocenters. The number of rotatable bonds is 24. The molecule has 6 bridgehead atoms. The highest BCUT2D eigenvalue weighted by Gasteiger charge is 2.68. The van der Waals surface area contributed by atoms with Gasteiger partial charge in [-0.3, -0.25) is 24.0 Å². The lowest BCUT2D eigenvalue weighted by Gasteiger charge is -2.64. The summed E-state index contributed by atoms with van der Waals surface area (Å²) >= 11 is 0. The van der Waals surface area contributed by atoms with Crippen molar-refractivity contribution in [2.45, 2.75) is 174 Å². The van der Waals surface area contributed by atoms with Gasteiger partial charge in [0.05, 0.1) is 24.2 Å². The van der Waals surface area contributed by atoms with E-state index >= 15 is 0 Å². The van der Waals surface area contributed by atoms with Gasteiger partial charge in [0.25, 0.3) is 0 Å². The van der Waals surface area contributed by atoms with Crippen LogP contribution in [0.1, 0.15) is 149 Å². The van der Waals surface area contributed by atoms with Gasteiger partial charge in [0, 0.05) is 44.1 Å². The zero-order chi connectivity index (χ0) is 50.6. The number of fused-ring (bicyclic) bond motifs is 5. The summed E-state index contributed by atoms with van der Waals surface area (Å²) in [6.45, 7) is 12.8. The zero-order valence-electron chi connectivity index (χ0n) is 43.0. The van der Waals surface area contributed by atoms with Crippen LogP contribution in [0.4, 0.5) is 0 Å². The molecule has 3 aliphatic carbocycles. The molecule has 3 saturated carbocycles. The van der Waals surface area contributed by atoms with Crippen molar-refractivity contribution in [1.82, 2.24) is 26.2 Å². The van der Waals surface area contributed by atoms with Gasteiger partial charge in [-0.05, 0) is 92.7 Å². The van der Waals surface area contributed by atoms with Gasteiger partial charge in [-0.2, -0.15) is 0 Å². The summed E-state index contributed by atoms with van der Waals surface area (Å²) in [5.41, 5.74) is 13.7. The van der Waals surface area contributed by atoms with Crippen molar-refractivity contribution >= 4 is 36.7 Å². The molecule has 7 rings (SSSR count). The van der Waals surface area contributed by atoms with Gasteiger partial charge in [0.15, 0.2) is 0 Å². The van der Waals surface area contributed by atoms with E-state index in [0.29, 0.717) is 52.0 Å². The van der Waals surface area contributed by atoms with Crippen molar-refractivity contribution in [2.75, 3.05) is 39.9 Å². The molecule has 0 radical (unpaired) electrons. The van der Waals surface area contributed by atoms with Gasteiger partial charge in [-0.1, -0.05) is 97.1 Å². The molecule has 4 fully saturated rings. The van der Waals surface area contributed by atoms with Crippen LogP contribution in [0.3, 0.4) is 0 Å². The monoisotopic (exact) mass is 972 g/mol. The second-order valence-electron chi connectivity index (χ2n) is 21.0. The quantitative estimate of drug-likeness (QED) is 0.0556. The summed E-state index contributed by atoms with van der Waals surface area (Å²) in [4.78, 5) is 71.2. The molecule has 5 aliphatic rings. The molecular formula is C53H82BN7O9. The molecular weight excluding hydrogens is 889 g/mol. The van der Waals surface area contributed by atoms with Crippen LogP contribution in [0, 0.1) is 17.3 Å². The lowest BCUT2D eigenvalue weighted by molar-refractivity contribution is -0.199. The third-order valence-electron chi connectivity index (χ3n) is 15.4. The summed E-state index contributed by atoms with van der Waals surface area (Å²) in [5, 5.41) is 11.5. The SMILES string of the molecule is CCCCCCCCCCCCCC(=O)NCC(=O)N(C)C1C(=O)N[C@@H](C)C(=O)NC(C(=O)N[C@@H](C)B2O[C@@H]3CC4CC(C4(C)C)[C@]3(C)O2)Cc2ccc(OCCN)c(c2)-c2cc1ccc2OCCN. The molecule has 2 aliphatic heterocycles. The standard InChI is InChI=1S/C53H82BN7O9/c1-8-9-10-11-12-13-14-15-16-17-18-19-46(62)57-33-47(63)61(7)48-37-21-23-43(68-27-25-56)40(30-37)39-28-36(20-22-42(39)67-26-24-55)29-41(60-49(64)34(2)58-51(48)66)50(65)59-35(3)54-69-45-32-38-31-44(52(38,4)5)53(45,6)70-54/h20-23,28,30,34-35,38,41,44-45,48H,8-19,24-27,29,31-33,55-56H2,1-7H3,(H,57,62)(H,58,66)(H,59,65)(H,60,64)/t34-,35-,38?,41?,44?,45+,48?,53-/m0/s1. The average Bonchev–Trinajstić information content (AvgIpc) is 3.71. The number of nitrogens with one attached hydrogen (secondary N) is 4. The molecule has 2 heterocycles. The Kier molecular flexibility index (Phi) is 19.6. The first-order chi connectivity index (χ1) is 33.5. The van der Waals surface area contributed by atoms with Crippen LogP contribution in [-0.4, -0.2) is 111 Å². The third-order valence-corrected chi connectivity index (χ3v) is 15.4. The number of nitrogens with two attached hydrogens (primary N) is 2. The van der Waals surface area contributed by atoms with Gasteiger partial charge >= 0.3 is 7.12 Å².